The van der Waals surface area contributed by atoms with Crippen molar-refractivity contribution in [2.75, 3.05) is 16.8 Å². The maximum atomic E-state index is 13.1. The third-order valence-corrected chi connectivity index (χ3v) is 5.88. The molecule has 1 atom stereocenters. The van der Waals surface area contributed by atoms with Crippen molar-refractivity contribution in [1.29, 1.82) is 0 Å². The van der Waals surface area contributed by atoms with Crippen LogP contribution >= 0.6 is 0 Å². The first kappa shape index (κ1) is 24.4. The summed E-state index contributed by atoms with van der Waals surface area (Å²) in [5.74, 6) is 1.42. The molecule has 3 aromatic rings. The van der Waals surface area contributed by atoms with Gasteiger partial charge in [-0.1, -0.05) is 26.5 Å². The number of benzene rings is 1. The molecular weight excluding hydrogens is 419 g/mol. The van der Waals surface area contributed by atoms with Crippen molar-refractivity contribution in [2.45, 2.75) is 66.1 Å². The number of rotatable bonds is 7. The fourth-order valence-corrected chi connectivity index (χ4v) is 4.19. The van der Waals surface area contributed by atoms with Gasteiger partial charge in [-0.05, 0) is 49.9 Å². The monoisotopic (exact) mass is 452 g/mol. The van der Waals surface area contributed by atoms with E-state index in [0.717, 1.165) is 41.3 Å². The molecular formula is C25H33FN6O. The molecule has 1 amide bonds. The molecule has 8 heteroatoms. The van der Waals surface area contributed by atoms with Crippen molar-refractivity contribution in [3.8, 4) is 0 Å². The van der Waals surface area contributed by atoms with Crippen LogP contribution < -0.4 is 9.80 Å². The van der Waals surface area contributed by atoms with Crippen LogP contribution in [0, 0.1) is 5.82 Å². The highest BCUT2D eigenvalue weighted by atomic mass is 19.1. The lowest BCUT2D eigenvalue weighted by Gasteiger charge is -2.42. The number of fused-ring (bicyclic) bond motifs is 1. The highest BCUT2D eigenvalue weighted by molar-refractivity contribution is 6.04. The Morgan fingerprint density at radius 2 is 1.82 bits per heavy atom. The molecule has 1 aliphatic rings. The highest BCUT2D eigenvalue weighted by Gasteiger charge is 2.38. The number of anilines is 2. The van der Waals surface area contributed by atoms with Gasteiger partial charge in [0.25, 0.3) is 0 Å². The van der Waals surface area contributed by atoms with Gasteiger partial charge in [-0.2, -0.15) is 5.10 Å². The fraction of sp³-hybridized carbons (Fsp3) is 0.440. The second-order valence-corrected chi connectivity index (χ2v) is 8.49. The van der Waals surface area contributed by atoms with Crippen molar-refractivity contribution < 1.29 is 9.18 Å². The Bertz CT molecular complexity index is 1090. The summed E-state index contributed by atoms with van der Waals surface area (Å²) in [5.41, 5.74) is 2.84. The molecule has 0 N–H and O–H groups in total. The Hall–Kier alpha value is -3.29. The number of aromatic nitrogens is 4. The predicted octanol–water partition coefficient (Wildman–Crippen LogP) is 4.25. The van der Waals surface area contributed by atoms with E-state index in [0.29, 0.717) is 13.0 Å². The van der Waals surface area contributed by atoms with Crippen molar-refractivity contribution in [3.63, 3.8) is 0 Å². The molecule has 0 saturated heterocycles. The number of amides is 1. The van der Waals surface area contributed by atoms with Gasteiger partial charge >= 0.3 is 0 Å². The Balaban J connectivity index is 0.00000306. The average Bonchev–Trinajstić information content (AvgIpc) is 3.23. The number of carbonyl (C=O) groups excluding carboxylic acids is 1. The highest BCUT2D eigenvalue weighted by Crippen LogP contribution is 2.35. The first-order valence-corrected chi connectivity index (χ1v) is 11.0. The molecule has 0 radical (unpaired) electrons. The molecule has 0 aliphatic carbocycles. The Morgan fingerprint density at radius 1 is 1.09 bits per heavy atom. The minimum Gasteiger partial charge on any atom is -0.340 e. The van der Waals surface area contributed by atoms with Gasteiger partial charge in [0.1, 0.15) is 23.4 Å². The fourth-order valence-electron chi connectivity index (χ4n) is 4.19. The molecule has 7 nitrogen and oxygen atoms in total. The van der Waals surface area contributed by atoms with Crippen LogP contribution in [0.15, 0.2) is 42.9 Å². The molecule has 0 bridgehead atoms. The smallest absolute Gasteiger partial charge is 0.249 e. The lowest BCUT2D eigenvalue weighted by molar-refractivity contribution is -0.120. The van der Waals surface area contributed by atoms with Crippen LogP contribution in [0.3, 0.4) is 0 Å². The molecule has 0 spiro atoms. The van der Waals surface area contributed by atoms with E-state index in [9.17, 15) is 9.18 Å². The van der Waals surface area contributed by atoms with Gasteiger partial charge in [-0.15, -0.1) is 0 Å². The van der Waals surface area contributed by atoms with E-state index in [-0.39, 0.29) is 31.2 Å². The van der Waals surface area contributed by atoms with Crippen molar-refractivity contribution in [1.82, 2.24) is 19.7 Å². The maximum Gasteiger partial charge on any atom is 0.249 e. The van der Waals surface area contributed by atoms with Gasteiger partial charge < -0.3 is 9.80 Å². The van der Waals surface area contributed by atoms with Gasteiger partial charge in [0.2, 0.25) is 5.91 Å². The molecule has 4 rings (SSSR count). The first-order valence-electron chi connectivity index (χ1n) is 11.0. The van der Waals surface area contributed by atoms with Crippen LogP contribution in [0.1, 0.15) is 51.6 Å². The van der Waals surface area contributed by atoms with Crippen molar-refractivity contribution in [3.05, 3.63) is 65.6 Å². The summed E-state index contributed by atoms with van der Waals surface area (Å²) >= 11 is 0. The van der Waals surface area contributed by atoms with Crippen molar-refractivity contribution in [2.24, 2.45) is 0 Å². The van der Waals surface area contributed by atoms with Gasteiger partial charge in [0, 0.05) is 25.7 Å². The lowest BCUT2D eigenvalue weighted by Crippen LogP contribution is -2.55. The number of aryl methyl sites for hydroxylation is 2. The summed E-state index contributed by atoms with van der Waals surface area (Å²) < 4.78 is 14.9. The molecule has 0 unspecified atom stereocenters. The molecule has 2 aromatic heterocycles. The molecule has 176 valence electrons. The second kappa shape index (κ2) is 10.1. The van der Waals surface area contributed by atoms with Crippen LogP contribution in [-0.4, -0.2) is 44.8 Å². The average molecular weight is 453 g/mol. The van der Waals surface area contributed by atoms with Crippen LogP contribution in [0.5, 0.6) is 0 Å². The van der Waals surface area contributed by atoms with Crippen LogP contribution in [0.2, 0.25) is 0 Å². The number of hydrogen-bond acceptors (Lipinski definition) is 5. The van der Waals surface area contributed by atoms with E-state index in [2.05, 4.69) is 28.8 Å². The topological polar surface area (TPSA) is 67.2 Å². The van der Waals surface area contributed by atoms with E-state index in [1.165, 1.54) is 12.1 Å². The van der Waals surface area contributed by atoms with Gasteiger partial charge in [-0.25, -0.2) is 14.4 Å². The minimum absolute atomic E-state index is 0. The number of nitrogens with zero attached hydrogens (tertiary/aromatic N) is 6. The first-order chi connectivity index (χ1) is 15.4. The van der Waals surface area contributed by atoms with E-state index >= 15 is 0 Å². The third kappa shape index (κ3) is 5.05. The van der Waals surface area contributed by atoms with E-state index < -0.39 is 0 Å². The summed E-state index contributed by atoms with van der Waals surface area (Å²) in [4.78, 5) is 25.9. The van der Waals surface area contributed by atoms with E-state index in [4.69, 9.17) is 4.98 Å². The molecule has 0 saturated carbocycles. The third-order valence-electron chi connectivity index (χ3n) is 5.88. The van der Waals surface area contributed by atoms with Crippen LogP contribution in [0.25, 0.3) is 0 Å². The zero-order chi connectivity index (χ0) is 22.8. The van der Waals surface area contributed by atoms with Crippen LogP contribution in [-0.2, 0) is 24.2 Å². The van der Waals surface area contributed by atoms with Crippen LogP contribution in [0.4, 0.5) is 15.9 Å². The van der Waals surface area contributed by atoms with Crippen molar-refractivity contribution >= 4 is 17.4 Å². The lowest BCUT2D eigenvalue weighted by atomic mass is 10.1. The Kier molecular flexibility index (Phi) is 7.46. The van der Waals surface area contributed by atoms with E-state index in [1.54, 1.807) is 30.3 Å². The maximum absolute atomic E-state index is 13.1. The largest absolute Gasteiger partial charge is 0.340 e. The SMILES string of the molecule is C.CC[C@H]1C(=O)N(C)c2cnc(CCc3cnn(Cc4ccc(F)cc4)c3)nc2N1C(C)C. The number of likely N-dealkylation sites (N-methyl/N-ethyl adjacent to an activating group) is 1. The van der Waals surface area contributed by atoms with Gasteiger partial charge in [0.05, 0.1) is 18.9 Å². The molecule has 33 heavy (non-hydrogen) atoms. The number of carbonyl (C=O) groups is 1. The predicted molar refractivity (Wildman–Crippen MR) is 129 cm³/mol. The Labute approximate surface area is 195 Å². The number of halogens is 1. The summed E-state index contributed by atoms with van der Waals surface area (Å²) in [6.45, 7) is 6.80. The van der Waals surface area contributed by atoms with Gasteiger partial charge in [-0.3, -0.25) is 9.48 Å². The summed E-state index contributed by atoms with van der Waals surface area (Å²) in [6, 6.07) is 6.40. The number of hydrogen-bond donors (Lipinski definition) is 0. The quantitative estimate of drug-likeness (QED) is 0.536. The second-order valence-electron chi connectivity index (χ2n) is 8.49. The zero-order valence-electron chi connectivity index (χ0n) is 19.0. The van der Waals surface area contributed by atoms with E-state index in [1.807, 2.05) is 24.0 Å². The zero-order valence-corrected chi connectivity index (χ0v) is 19.0. The summed E-state index contributed by atoms with van der Waals surface area (Å²) in [7, 11) is 1.79. The minimum atomic E-state index is -0.239. The standard InChI is InChI=1S/C24H29FN6O.CH4/c1-5-20-24(32)29(4)21-13-26-22(28-23(21)31(20)16(2)3)11-8-18-12-27-30(15-18)14-17-6-9-19(25)10-7-17;/h6-7,9-10,12-13,15-16,20H,5,8,11,14H2,1-4H3;1H4/t20-;/m0./s1. The molecule has 0 fully saturated rings. The normalized spacial score (nSPS) is 15.6. The molecule has 1 aromatic carbocycles. The van der Waals surface area contributed by atoms with Gasteiger partial charge in [0.15, 0.2) is 5.82 Å². The summed E-state index contributed by atoms with van der Waals surface area (Å²) in [5, 5.41) is 4.42. The molecule has 1 aliphatic heterocycles. The Morgan fingerprint density at radius 3 is 2.48 bits per heavy atom. The summed E-state index contributed by atoms with van der Waals surface area (Å²) in [6.07, 6.45) is 7.78. The molecule has 3 heterocycles.